The number of anilines is 1. The normalized spacial score (nSPS) is 14.0. The third-order valence-corrected chi connectivity index (χ3v) is 5.83. The third-order valence-electron chi connectivity index (χ3n) is 5.59. The first-order valence-corrected chi connectivity index (χ1v) is 11.4. The highest BCUT2D eigenvalue weighted by Crippen LogP contribution is 2.27. The van der Waals surface area contributed by atoms with E-state index in [1.165, 1.54) is 23.6 Å². The van der Waals surface area contributed by atoms with Crippen LogP contribution in [0.15, 0.2) is 53.4 Å². The van der Waals surface area contributed by atoms with Gasteiger partial charge in [-0.05, 0) is 12.5 Å². The Balaban J connectivity index is 1.60. The monoisotopic (exact) mass is 501 g/mol. The van der Waals surface area contributed by atoms with Crippen molar-refractivity contribution in [3.05, 3.63) is 71.1 Å². The maximum atomic E-state index is 14.9. The molecule has 1 saturated heterocycles. The van der Waals surface area contributed by atoms with Crippen LogP contribution < -0.4 is 15.5 Å². The predicted molar refractivity (Wildman–Crippen MR) is 132 cm³/mol. The van der Waals surface area contributed by atoms with Gasteiger partial charge in [0.15, 0.2) is 17.9 Å². The lowest BCUT2D eigenvalue weighted by Gasteiger charge is -2.36. The number of aldehydes is 1. The summed E-state index contributed by atoms with van der Waals surface area (Å²) < 4.78 is 29.7. The van der Waals surface area contributed by atoms with E-state index in [0.717, 1.165) is 11.1 Å². The number of hydrogen-bond donors (Lipinski definition) is 3. The Morgan fingerprint density at radius 1 is 1.20 bits per heavy atom. The van der Waals surface area contributed by atoms with Crippen molar-refractivity contribution >= 4 is 40.8 Å². The van der Waals surface area contributed by atoms with Crippen molar-refractivity contribution in [3.8, 4) is 0 Å². The van der Waals surface area contributed by atoms with Crippen molar-refractivity contribution in [3.63, 3.8) is 0 Å². The van der Waals surface area contributed by atoms with Crippen LogP contribution in [0.5, 0.6) is 0 Å². The molecule has 0 aromatic heterocycles. The van der Waals surface area contributed by atoms with E-state index in [0.29, 0.717) is 38.9 Å². The summed E-state index contributed by atoms with van der Waals surface area (Å²) in [5, 5.41) is 7.34. The second-order valence-corrected chi connectivity index (χ2v) is 8.58. The second-order valence-electron chi connectivity index (χ2n) is 8.14. The van der Waals surface area contributed by atoms with E-state index in [1.807, 2.05) is 31.2 Å². The van der Waals surface area contributed by atoms with Crippen LogP contribution in [0.3, 0.4) is 0 Å². The van der Waals surface area contributed by atoms with Gasteiger partial charge in [0.05, 0.1) is 13.0 Å². The maximum absolute atomic E-state index is 14.9. The molecule has 1 fully saturated rings. The summed E-state index contributed by atoms with van der Waals surface area (Å²) >= 11 is 4.72. The maximum Gasteiger partial charge on any atom is 0.227 e. The van der Waals surface area contributed by atoms with Crippen LogP contribution in [0, 0.1) is 24.1 Å². The fraction of sp³-hybridized carbons (Fsp3) is 0.292. The SMILES string of the molecule is Cc1cccc(CC(=O)N2CCN(c3c(F)cc([NH2+]/C=C(/CNC(=S)C=O)N=N)cc3F)CC2)c1. The highest BCUT2D eigenvalue weighted by atomic mass is 32.1. The second kappa shape index (κ2) is 12.2. The number of benzene rings is 2. The first-order valence-electron chi connectivity index (χ1n) is 11.0. The number of nitrogens with two attached hydrogens (primary N) is 1. The van der Waals surface area contributed by atoms with Gasteiger partial charge in [-0.15, -0.1) is 0 Å². The summed E-state index contributed by atoms with van der Waals surface area (Å²) in [6, 6.07) is 10.2. The fourth-order valence-corrected chi connectivity index (χ4v) is 3.89. The van der Waals surface area contributed by atoms with Gasteiger partial charge in [0.25, 0.3) is 0 Å². The number of halogens is 2. The van der Waals surface area contributed by atoms with Gasteiger partial charge in [-0.2, -0.15) is 5.11 Å². The molecule has 1 heterocycles. The van der Waals surface area contributed by atoms with Crippen molar-refractivity contribution in [1.29, 1.82) is 5.53 Å². The highest BCUT2D eigenvalue weighted by Gasteiger charge is 2.26. The molecule has 1 aliphatic heterocycles. The van der Waals surface area contributed by atoms with Crippen LogP contribution in [0.4, 0.5) is 20.2 Å². The summed E-state index contributed by atoms with van der Waals surface area (Å²) in [5.41, 5.74) is 9.57. The molecule has 0 atom stereocenters. The van der Waals surface area contributed by atoms with Crippen LogP contribution in [-0.4, -0.2) is 54.8 Å². The molecule has 4 N–H and O–H groups in total. The Morgan fingerprint density at radius 3 is 2.49 bits per heavy atom. The van der Waals surface area contributed by atoms with Gasteiger partial charge in [0.2, 0.25) is 5.91 Å². The van der Waals surface area contributed by atoms with Crippen LogP contribution in [0.2, 0.25) is 0 Å². The summed E-state index contributed by atoms with van der Waals surface area (Å²) in [6.07, 6.45) is 2.18. The van der Waals surface area contributed by atoms with Gasteiger partial charge in [-0.25, -0.2) is 14.3 Å². The van der Waals surface area contributed by atoms with Crippen molar-refractivity contribution in [2.24, 2.45) is 5.11 Å². The zero-order chi connectivity index (χ0) is 25.4. The molecule has 2 aromatic carbocycles. The van der Waals surface area contributed by atoms with Gasteiger partial charge < -0.3 is 15.1 Å². The van der Waals surface area contributed by atoms with E-state index in [9.17, 15) is 18.4 Å². The molecule has 184 valence electrons. The average Bonchev–Trinajstić information content (AvgIpc) is 2.84. The minimum absolute atomic E-state index is 0.00747. The Labute approximate surface area is 207 Å². The number of aryl methyl sites for hydroxylation is 1. The van der Waals surface area contributed by atoms with Crippen molar-refractivity contribution < 1.29 is 23.7 Å². The van der Waals surface area contributed by atoms with E-state index in [4.69, 9.17) is 17.7 Å². The lowest BCUT2D eigenvalue weighted by atomic mass is 10.1. The molecule has 3 rings (SSSR count). The minimum atomic E-state index is -0.714. The van der Waals surface area contributed by atoms with E-state index < -0.39 is 11.6 Å². The molecule has 1 aliphatic rings. The number of nitrogens with one attached hydrogen (secondary N) is 2. The summed E-state index contributed by atoms with van der Waals surface area (Å²) in [5.74, 6) is -1.44. The smallest absolute Gasteiger partial charge is 0.227 e. The largest absolute Gasteiger partial charge is 0.368 e. The van der Waals surface area contributed by atoms with Gasteiger partial charge in [-0.3, -0.25) is 14.9 Å². The van der Waals surface area contributed by atoms with Crippen LogP contribution in [0.1, 0.15) is 11.1 Å². The number of piperazine rings is 1. The van der Waals surface area contributed by atoms with E-state index in [1.54, 1.807) is 9.80 Å². The molecule has 0 unspecified atom stereocenters. The van der Waals surface area contributed by atoms with E-state index in [2.05, 4.69) is 10.4 Å². The first-order chi connectivity index (χ1) is 16.8. The standard InChI is InChI=1S/C24H26F2N6O2S/c1-16-3-2-4-17(9-16)10-23(34)31-5-7-32(8-6-31)24-20(25)11-18(12-21(24)26)28-13-19(30-27)14-29-22(35)15-33/h2-4,9,11-13,15,27-28H,5-8,10,14H2,1H3,(H,29,35)/p+1/b19-13-,30-27?. The number of nitrogens with zero attached hydrogens (tertiary/aromatic N) is 3. The van der Waals surface area contributed by atoms with Crippen molar-refractivity contribution in [2.45, 2.75) is 13.3 Å². The number of carbonyl (C=O) groups excluding carboxylic acids is 2. The topological polar surface area (TPSA) is 105 Å². The van der Waals surface area contributed by atoms with Gasteiger partial charge in [-0.1, -0.05) is 42.0 Å². The van der Waals surface area contributed by atoms with E-state index >= 15 is 0 Å². The lowest BCUT2D eigenvalue weighted by molar-refractivity contribution is -0.497. The fourth-order valence-electron chi connectivity index (χ4n) is 3.82. The molecule has 11 heteroatoms. The van der Waals surface area contributed by atoms with E-state index in [-0.39, 0.29) is 34.5 Å². The predicted octanol–water partition coefficient (Wildman–Crippen LogP) is 2.35. The number of rotatable bonds is 9. The molecule has 1 amide bonds. The molecule has 8 nitrogen and oxygen atoms in total. The number of amides is 1. The molecule has 0 saturated carbocycles. The Hall–Kier alpha value is -3.57. The van der Waals surface area contributed by atoms with Gasteiger partial charge in [0.1, 0.15) is 28.3 Å². The van der Waals surface area contributed by atoms with Gasteiger partial charge in [0, 0.05) is 38.3 Å². The van der Waals surface area contributed by atoms with Gasteiger partial charge >= 0.3 is 0 Å². The molecule has 2 aromatic rings. The zero-order valence-corrected chi connectivity index (χ0v) is 20.1. The molecule has 0 aliphatic carbocycles. The molecule has 35 heavy (non-hydrogen) atoms. The van der Waals surface area contributed by atoms with Crippen LogP contribution >= 0.6 is 12.2 Å². The third kappa shape index (κ3) is 7.20. The quantitative estimate of drug-likeness (QED) is 0.212. The lowest BCUT2D eigenvalue weighted by Crippen LogP contribution is -2.71. The van der Waals surface area contributed by atoms with Crippen molar-refractivity contribution in [2.75, 3.05) is 37.6 Å². The Morgan fingerprint density at radius 2 is 1.89 bits per heavy atom. The summed E-state index contributed by atoms with van der Waals surface area (Å²) in [4.78, 5) is 26.5. The Kier molecular flexibility index (Phi) is 9.10. The molecular formula is C24H27F2N6O2S+. The molecule has 0 bridgehead atoms. The summed E-state index contributed by atoms with van der Waals surface area (Å²) in [6.45, 7) is 3.41. The van der Waals surface area contributed by atoms with Crippen molar-refractivity contribution in [1.82, 2.24) is 10.2 Å². The molecular weight excluding hydrogens is 474 g/mol. The number of carbonyl (C=O) groups is 2. The van der Waals surface area contributed by atoms with Crippen LogP contribution in [-0.2, 0) is 16.0 Å². The van der Waals surface area contributed by atoms with Crippen LogP contribution in [0.25, 0.3) is 0 Å². The number of hydrogen-bond acceptors (Lipinski definition) is 6. The first kappa shape index (κ1) is 26.0. The molecule has 0 radical (unpaired) electrons. The highest BCUT2D eigenvalue weighted by molar-refractivity contribution is 7.81. The molecule has 0 spiro atoms. The average molecular weight is 502 g/mol. The number of quaternary nitrogens is 1. The zero-order valence-electron chi connectivity index (χ0n) is 19.3. The Bertz CT molecular complexity index is 1130. The summed E-state index contributed by atoms with van der Waals surface area (Å²) in [7, 11) is 0. The number of thiocarbonyl (C=S) groups is 1. The minimum Gasteiger partial charge on any atom is -0.368 e.